The molecule has 2 atom stereocenters. The number of carbonyl (C=O) groups is 1. The molecule has 10 nitrogen and oxygen atoms in total. The lowest BCUT2D eigenvalue weighted by Gasteiger charge is -2.40. The topological polar surface area (TPSA) is 132 Å². The van der Waals surface area contributed by atoms with E-state index in [0.717, 1.165) is 0 Å². The summed E-state index contributed by atoms with van der Waals surface area (Å²) in [7, 11) is 0. The van der Waals surface area contributed by atoms with Gasteiger partial charge >= 0.3 is 6.29 Å². The van der Waals surface area contributed by atoms with Crippen LogP contribution in [0.3, 0.4) is 0 Å². The second-order valence-electron chi connectivity index (χ2n) is 10.3. The predicted molar refractivity (Wildman–Crippen MR) is 129 cm³/mol. The Morgan fingerprint density at radius 1 is 1.08 bits per heavy atom. The van der Waals surface area contributed by atoms with E-state index in [1.807, 2.05) is 0 Å². The van der Waals surface area contributed by atoms with Crippen molar-refractivity contribution < 1.29 is 52.2 Å². The minimum Gasteiger partial charge on any atom is -0.492 e. The number of aliphatic hydroxyl groups excluding tert-OH is 3. The fraction of sp³-hybridized carbons (Fsp3) is 0.423. The lowest BCUT2D eigenvalue weighted by Crippen LogP contribution is -2.51. The third-order valence-electron chi connectivity index (χ3n) is 7.56. The number of nitrogens with zero attached hydrogens (tertiary/aromatic N) is 1. The first-order chi connectivity index (χ1) is 18.5. The van der Waals surface area contributed by atoms with Gasteiger partial charge in [-0.3, -0.25) is 4.79 Å². The van der Waals surface area contributed by atoms with Gasteiger partial charge in [-0.15, -0.1) is 8.78 Å². The third kappa shape index (κ3) is 3.99. The van der Waals surface area contributed by atoms with E-state index in [9.17, 15) is 28.9 Å². The molecule has 13 heteroatoms. The number of benzene rings is 2. The maximum atomic E-state index is 15.4. The van der Waals surface area contributed by atoms with Crippen molar-refractivity contribution >= 4 is 22.5 Å². The molecule has 4 heterocycles. The average Bonchev–Trinajstić information content (AvgIpc) is 3.48. The number of ether oxygens (including phenoxy) is 4. The molecule has 1 aromatic heterocycles. The van der Waals surface area contributed by atoms with Crippen LogP contribution in [-0.2, 0) is 26.9 Å². The Labute approximate surface area is 219 Å². The Kier molecular flexibility index (Phi) is 5.77. The number of halogens is 3. The summed E-state index contributed by atoms with van der Waals surface area (Å²) in [6, 6.07) is 6.84. The van der Waals surface area contributed by atoms with E-state index in [4.69, 9.17) is 9.47 Å². The number of amides is 1. The normalized spacial score (nSPS) is 22.7. The minimum atomic E-state index is -3.84. The second kappa shape index (κ2) is 8.74. The highest BCUT2D eigenvalue weighted by atomic mass is 19.3. The van der Waals surface area contributed by atoms with Crippen LogP contribution in [0.1, 0.15) is 18.2 Å². The zero-order valence-corrected chi connectivity index (χ0v) is 20.7. The zero-order valence-electron chi connectivity index (χ0n) is 20.7. The van der Waals surface area contributed by atoms with Crippen LogP contribution in [0.4, 0.5) is 18.9 Å². The fourth-order valence-corrected chi connectivity index (χ4v) is 5.23. The number of anilines is 1. The smallest absolute Gasteiger partial charge is 0.492 e. The van der Waals surface area contributed by atoms with Gasteiger partial charge in [0, 0.05) is 28.8 Å². The summed E-state index contributed by atoms with van der Waals surface area (Å²) in [6.45, 7) is 1.05. The Bertz CT molecular complexity index is 1480. The fourth-order valence-electron chi connectivity index (χ4n) is 5.23. The van der Waals surface area contributed by atoms with Gasteiger partial charge in [0.25, 0.3) is 0 Å². The molecule has 4 N–H and O–H groups in total. The maximum Gasteiger partial charge on any atom is 0.586 e. The van der Waals surface area contributed by atoms with Crippen molar-refractivity contribution in [2.75, 3.05) is 38.4 Å². The van der Waals surface area contributed by atoms with E-state index in [1.54, 1.807) is 10.6 Å². The highest BCUT2D eigenvalue weighted by Crippen LogP contribution is 2.50. The van der Waals surface area contributed by atoms with E-state index in [0.29, 0.717) is 16.6 Å². The molecule has 0 radical (unpaired) electrons. The molecule has 39 heavy (non-hydrogen) atoms. The van der Waals surface area contributed by atoms with Gasteiger partial charge < -0.3 is 44.2 Å². The SMILES string of the molecule is CC1(C(=O)Nc2cc3cc(C4(CO)COC4)n(C[C@@H](O)CO)c3cc2F)COc2cc3c(cc21)OC(F)(F)O3. The van der Waals surface area contributed by atoms with E-state index in [2.05, 4.69) is 14.8 Å². The van der Waals surface area contributed by atoms with Crippen LogP contribution in [0.15, 0.2) is 30.3 Å². The Morgan fingerprint density at radius 3 is 2.44 bits per heavy atom. The van der Waals surface area contributed by atoms with Crippen LogP contribution in [0.25, 0.3) is 10.9 Å². The highest BCUT2D eigenvalue weighted by Gasteiger charge is 2.49. The van der Waals surface area contributed by atoms with Gasteiger partial charge in [0.2, 0.25) is 5.91 Å². The number of fused-ring (bicyclic) bond motifs is 3. The number of aromatic nitrogens is 1. The molecule has 0 bridgehead atoms. The number of carbonyl (C=O) groups excluding carboxylic acids is 1. The first kappa shape index (κ1) is 25.7. The van der Waals surface area contributed by atoms with Crippen LogP contribution in [-0.4, -0.2) is 71.2 Å². The van der Waals surface area contributed by atoms with E-state index >= 15 is 4.39 Å². The quantitative estimate of drug-likeness (QED) is 0.352. The molecule has 1 saturated heterocycles. The van der Waals surface area contributed by atoms with Gasteiger partial charge in [-0.2, -0.15) is 0 Å². The minimum absolute atomic E-state index is 0.0520. The molecule has 208 valence electrons. The molecule has 6 rings (SSSR count). The molecule has 2 aromatic carbocycles. The van der Waals surface area contributed by atoms with Gasteiger partial charge in [0.1, 0.15) is 23.6 Å². The molecule has 1 unspecified atom stereocenters. The molecular weight excluding hydrogens is 525 g/mol. The number of aliphatic hydroxyl groups is 3. The predicted octanol–water partition coefficient (Wildman–Crippen LogP) is 2.00. The van der Waals surface area contributed by atoms with Crippen LogP contribution in [0, 0.1) is 5.82 Å². The molecule has 3 aliphatic heterocycles. The molecule has 1 fully saturated rings. The van der Waals surface area contributed by atoms with Gasteiger partial charge in [0.15, 0.2) is 11.5 Å². The van der Waals surface area contributed by atoms with Crippen molar-refractivity contribution in [3.8, 4) is 17.2 Å². The third-order valence-corrected chi connectivity index (χ3v) is 7.56. The standard InChI is InChI=1S/C26H25F3N2O8/c1-24(10-37-19-6-21-20(4-15(19)24)38-26(28,29)39-21)23(35)30-17-2-13-3-22(25(9-33)11-36-12-25)31(7-14(34)8-32)18(13)5-16(17)27/h2-6,14,32-34H,7-12H2,1H3,(H,30,35)/t14-,24?/m1/s1. The highest BCUT2D eigenvalue weighted by molar-refractivity contribution is 6.01. The first-order valence-corrected chi connectivity index (χ1v) is 12.2. The molecule has 0 spiro atoms. The van der Waals surface area contributed by atoms with Gasteiger partial charge in [-0.1, -0.05) is 0 Å². The van der Waals surface area contributed by atoms with Crippen molar-refractivity contribution in [3.63, 3.8) is 0 Å². The molecule has 3 aliphatic rings. The Morgan fingerprint density at radius 2 is 1.79 bits per heavy atom. The lowest BCUT2D eigenvalue weighted by atomic mass is 9.83. The summed E-state index contributed by atoms with van der Waals surface area (Å²) in [6.07, 6.45) is -4.96. The second-order valence-corrected chi connectivity index (χ2v) is 10.3. The summed E-state index contributed by atoms with van der Waals surface area (Å²) < 4.78 is 63.9. The first-order valence-electron chi connectivity index (χ1n) is 12.2. The van der Waals surface area contributed by atoms with Gasteiger partial charge in [0.05, 0.1) is 55.7 Å². The maximum absolute atomic E-state index is 15.4. The Balaban J connectivity index is 1.34. The summed E-state index contributed by atoms with van der Waals surface area (Å²) in [5.74, 6) is -1.70. The number of hydrogen-bond donors (Lipinski definition) is 4. The van der Waals surface area contributed by atoms with Crippen molar-refractivity contribution in [3.05, 3.63) is 47.4 Å². The average molecular weight is 550 g/mol. The molecule has 3 aromatic rings. The monoisotopic (exact) mass is 550 g/mol. The van der Waals surface area contributed by atoms with Crippen molar-refractivity contribution in [1.82, 2.24) is 4.57 Å². The summed E-state index contributed by atoms with van der Waals surface area (Å²) in [5, 5.41) is 32.7. The van der Waals surface area contributed by atoms with Crippen LogP contribution in [0.2, 0.25) is 0 Å². The summed E-state index contributed by atoms with van der Waals surface area (Å²) >= 11 is 0. The molecule has 0 aliphatic carbocycles. The van der Waals surface area contributed by atoms with Gasteiger partial charge in [-0.25, -0.2) is 4.39 Å². The van der Waals surface area contributed by atoms with E-state index in [-0.39, 0.29) is 61.5 Å². The van der Waals surface area contributed by atoms with Crippen LogP contribution < -0.4 is 19.5 Å². The van der Waals surface area contributed by atoms with E-state index < -0.39 is 41.6 Å². The van der Waals surface area contributed by atoms with Crippen molar-refractivity contribution in [2.24, 2.45) is 0 Å². The van der Waals surface area contributed by atoms with E-state index in [1.165, 1.54) is 31.2 Å². The number of alkyl halides is 2. The van der Waals surface area contributed by atoms with Gasteiger partial charge in [-0.05, 0) is 25.1 Å². The van der Waals surface area contributed by atoms with Crippen LogP contribution in [0.5, 0.6) is 17.2 Å². The van der Waals surface area contributed by atoms with Crippen molar-refractivity contribution in [2.45, 2.75) is 36.7 Å². The molecule has 0 saturated carbocycles. The number of hydrogen-bond acceptors (Lipinski definition) is 8. The summed E-state index contributed by atoms with van der Waals surface area (Å²) in [5.41, 5.74) is -0.984. The number of nitrogens with one attached hydrogen (secondary N) is 1. The largest absolute Gasteiger partial charge is 0.586 e. The lowest BCUT2D eigenvalue weighted by molar-refractivity contribution is -0.286. The van der Waals surface area contributed by atoms with Crippen LogP contribution >= 0.6 is 0 Å². The van der Waals surface area contributed by atoms with Crippen molar-refractivity contribution in [1.29, 1.82) is 0 Å². The molecule has 1 amide bonds. The molecular formula is C26H25F3N2O8. The number of rotatable bonds is 7. The summed E-state index contributed by atoms with van der Waals surface area (Å²) in [4.78, 5) is 13.4. The zero-order chi connectivity index (χ0) is 27.7. The Hall–Kier alpha value is -3.52.